The first kappa shape index (κ1) is 16.7. The number of hydrogen-bond donors (Lipinski definition) is 1. The van der Waals surface area contributed by atoms with Crippen LogP contribution in [0.3, 0.4) is 0 Å². The SMILES string of the molecule is Cc1nc2cc(C(=O)N[C@H]3CCCN(Cc4cccs4)C3)ccc2s1. The van der Waals surface area contributed by atoms with E-state index in [1.54, 1.807) is 22.7 Å². The molecule has 130 valence electrons. The number of thiophene rings is 1. The van der Waals surface area contributed by atoms with Crippen molar-refractivity contribution in [3.8, 4) is 0 Å². The number of fused-ring (bicyclic) bond motifs is 1. The van der Waals surface area contributed by atoms with Crippen LogP contribution in [-0.2, 0) is 6.54 Å². The Kier molecular flexibility index (Phi) is 4.83. The number of piperidine rings is 1. The second-order valence-corrected chi connectivity index (χ2v) is 8.81. The van der Waals surface area contributed by atoms with Crippen LogP contribution in [0.5, 0.6) is 0 Å². The molecule has 6 heteroatoms. The van der Waals surface area contributed by atoms with Gasteiger partial charge in [-0.25, -0.2) is 4.98 Å². The molecule has 1 aliphatic rings. The number of rotatable bonds is 4. The summed E-state index contributed by atoms with van der Waals surface area (Å²) in [4.78, 5) is 20.9. The van der Waals surface area contributed by atoms with Crippen molar-refractivity contribution in [2.24, 2.45) is 0 Å². The minimum atomic E-state index is 0.00975. The van der Waals surface area contributed by atoms with Crippen LogP contribution >= 0.6 is 22.7 Å². The van der Waals surface area contributed by atoms with Crippen molar-refractivity contribution in [1.29, 1.82) is 0 Å². The standard InChI is InChI=1S/C19H21N3OS2/c1-13-20-17-10-14(6-7-18(17)25-13)19(23)21-15-4-2-8-22(11-15)12-16-5-3-9-24-16/h3,5-7,9-10,15H,2,4,8,11-12H2,1H3,(H,21,23)/t15-/m0/s1. The minimum Gasteiger partial charge on any atom is -0.348 e. The van der Waals surface area contributed by atoms with Gasteiger partial charge in [-0.05, 0) is 56.0 Å². The molecule has 1 aliphatic heterocycles. The molecule has 1 fully saturated rings. The van der Waals surface area contributed by atoms with Crippen molar-refractivity contribution in [3.63, 3.8) is 0 Å². The topological polar surface area (TPSA) is 45.2 Å². The average Bonchev–Trinajstić information content (AvgIpc) is 3.22. The lowest BCUT2D eigenvalue weighted by atomic mass is 10.0. The van der Waals surface area contributed by atoms with E-state index in [1.807, 2.05) is 25.1 Å². The molecule has 3 heterocycles. The van der Waals surface area contributed by atoms with Gasteiger partial charge in [0.05, 0.1) is 15.2 Å². The molecule has 1 aromatic carbocycles. The highest BCUT2D eigenvalue weighted by Gasteiger charge is 2.22. The third-order valence-corrected chi connectivity index (χ3v) is 6.37. The van der Waals surface area contributed by atoms with Gasteiger partial charge < -0.3 is 5.32 Å². The fourth-order valence-electron chi connectivity index (χ4n) is 3.39. The van der Waals surface area contributed by atoms with Crippen molar-refractivity contribution in [1.82, 2.24) is 15.2 Å². The Labute approximate surface area is 155 Å². The number of aryl methyl sites for hydroxylation is 1. The lowest BCUT2D eigenvalue weighted by Crippen LogP contribution is -2.47. The second-order valence-electron chi connectivity index (χ2n) is 6.54. The minimum absolute atomic E-state index is 0.00975. The molecule has 1 amide bonds. The molecule has 0 saturated carbocycles. The third kappa shape index (κ3) is 3.92. The second kappa shape index (κ2) is 7.23. The van der Waals surface area contributed by atoms with Crippen molar-refractivity contribution >= 4 is 38.8 Å². The molecule has 1 saturated heterocycles. The number of carbonyl (C=O) groups is 1. The van der Waals surface area contributed by atoms with Crippen LogP contribution < -0.4 is 5.32 Å². The smallest absolute Gasteiger partial charge is 0.251 e. The fraction of sp³-hybridized carbons (Fsp3) is 0.368. The van der Waals surface area contributed by atoms with E-state index in [4.69, 9.17) is 0 Å². The largest absolute Gasteiger partial charge is 0.348 e. The maximum absolute atomic E-state index is 12.6. The summed E-state index contributed by atoms with van der Waals surface area (Å²) in [6, 6.07) is 10.3. The summed E-state index contributed by atoms with van der Waals surface area (Å²) in [5.74, 6) is 0.00975. The van der Waals surface area contributed by atoms with Gasteiger partial charge in [0, 0.05) is 29.6 Å². The van der Waals surface area contributed by atoms with Gasteiger partial charge in [0.2, 0.25) is 0 Å². The maximum Gasteiger partial charge on any atom is 0.251 e. The Morgan fingerprint density at radius 3 is 3.16 bits per heavy atom. The first-order chi connectivity index (χ1) is 12.2. The number of likely N-dealkylation sites (tertiary alicyclic amines) is 1. The Balaban J connectivity index is 1.40. The number of carbonyl (C=O) groups excluding carboxylic acids is 1. The quantitative estimate of drug-likeness (QED) is 0.752. The molecule has 0 aliphatic carbocycles. The molecule has 4 rings (SSSR count). The summed E-state index contributed by atoms with van der Waals surface area (Å²) >= 11 is 3.46. The van der Waals surface area contributed by atoms with Crippen molar-refractivity contribution < 1.29 is 4.79 Å². The first-order valence-electron chi connectivity index (χ1n) is 8.60. The van der Waals surface area contributed by atoms with Crippen molar-refractivity contribution in [3.05, 3.63) is 51.2 Å². The van der Waals surface area contributed by atoms with Gasteiger partial charge in [-0.3, -0.25) is 9.69 Å². The summed E-state index contributed by atoms with van der Waals surface area (Å²) in [6.45, 7) is 5.00. The molecule has 0 unspecified atom stereocenters. The van der Waals surface area contributed by atoms with Gasteiger partial charge in [-0.2, -0.15) is 0 Å². The summed E-state index contributed by atoms with van der Waals surface area (Å²) < 4.78 is 1.13. The van der Waals surface area contributed by atoms with E-state index in [0.717, 1.165) is 47.7 Å². The Bertz CT molecular complexity index is 872. The van der Waals surface area contributed by atoms with Crippen LogP contribution in [-0.4, -0.2) is 34.9 Å². The van der Waals surface area contributed by atoms with E-state index in [0.29, 0.717) is 5.56 Å². The molecule has 4 nitrogen and oxygen atoms in total. The van der Waals surface area contributed by atoms with E-state index < -0.39 is 0 Å². The van der Waals surface area contributed by atoms with E-state index >= 15 is 0 Å². The highest BCUT2D eigenvalue weighted by molar-refractivity contribution is 7.18. The van der Waals surface area contributed by atoms with Gasteiger partial charge in [0.1, 0.15) is 0 Å². The van der Waals surface area contributed by atoms with Crippen LogP contribution in [0.15, 0.2) is 35.7 Å². The lowest BCUT2D eigenvalue weighted by molar-refractivity contribution is 0.0901. The molecule has 2 aromatic heterocycles. The zero-order valence-electron chi connectivity index (χ0n) is 14.2. The number of benzene rings is 1. The van der Waals surface area contributed by atoms with Crippen LogP contribution in [0.1, 0.15) is 33.1 Å². The molecular weight excluding hydrogens is 350 g/mol. The van der Waals surface area contributed by atoms with Crippen molar-refractivity contribution in [2.75, 3.05) is 13.1 Å². The van der Waals surface area contributed by atoms with E-state index in [2.05, 4.69) is 32.7 Å². The predicted octanol–water partition coefficient (Wildman–Crippen LogP) is 4.06. The highest BCUT2D eigenvalue weighted by atomic mass is 32.1. The number of thiazole rings is 1. The average molecular weight is 372 g/mol. The number of hydrogen-bond acceptors (Lipinski definition) is 5. The Morgan fingerprint density at radius 2 is 2.32 bits per heavy atom. The van der Waals surface area contributed by atoms with Crippen LogP contribution in [0.25, 0.3) is 10.2 Å². The molecule has 1 atom stereocenters. The normalized spacial score (nSPS) is 18.5. The molecule has 3 aromatic rings. The Hall–Kier alpha value is -1.76. The fourth-order valence-corrected chi connectivity index (χ4v) is 4.95. The molecule has 0 bridgehead atoms. The third-order valence-electron chi connectivity index (χ3n) is 4.56. The number of nitrogens with zero attached hydrogens (tertiary/aromatic N) is 2. The predicted molar refractivity (Wildman–Crippen MR) is 104 cm³/mol. The summed E-state index contributed by atoms with van der Waals surface area (Å²) in [7, 11) is 0. The van der Waals surface area contributed by atoms with Crippen LogP contribution in [0.2, 0.25) is 0 Å². The Morgan fingerprint density at radius 1 is 1.40 bits per heavy atom. The zero-order valence-corrected chi connectivity index (χ0v) is 15.8. The van der Waals surface area contributed by atoms with Gasteiger partial charge in [0.25, 0.3) is 5.91 Å². The van der Waals surface area contributed by atoms with Gasteiger partial charge in [-0.1, -0.05) is 6.07 Å². The van der Waals surface area contributed by atoms with Crippen LogP contribution in [0.4, 0.5) is 0 Å². The maximum atomic E-state index is 12.6. The monoisotopic (exact) mass is 371 g/mol. The molecule has 1 N–H and O–H groups in total. The molecule has 0 spiro atoms. The first-order valence-corrected chi connectivity index (χ1v) is 10.3. The van der Waals surface area contributed by atoms with E-state index in [1.165, 1.54) is 4.88 Å². The number of nitrogens with one attached hydrogen (secondary N) is 1. The molecule has 0 radical (unpaired) electrons. The van der Waals surface area contributed by atoms with E-state index in [9.17, 15) is 4.79 Å². The van der Waals surface area contributed by atoms with Gasteiger partial charge >= 0.3 is 0 Å². The van der Waals surface area contributed by atoms with Crippen molar-refractivity contribution in [2.45, 2.75) is 32.4 Å². The molecular formula is C19H21N3OS2. The lowest BCUT2D eigenvalue weighted by Gasteiger charge is -2.32. The van der Waals surface area contributed by atoms with E-state index in [-0.39, 0.29) is 11.9 Å². The van der Waals surface area contributed by atoms with Crippen LogP contribution in [0, 0.1) is 6.92 Å². The summed E-state index contributed by atoms with van der Waals surface area (Å²) in [6.07, 6.45) is 2.17. The molecule has 25 heavy (non-hydrogen) atoms. The zero-order chi connectivity index (χ0) is 17.2. The highest BCUT2D eigenvalue weighted by Crippen LogP contribution is 2.23. The van der Waals surface area contributed by atoms with Gasteiger partial charge in [-0.15, -0.1) is 22.7 Å². The summed E-state index contributed by atoms with van der Waals surface area (Å²) in [5, 5.41) is 6.37. The number of aromatic nitrogens is 1. The number of amides is 1. The van der Waals surface area contributed by atoms with Gasteiger partial charge in [0.15, 0.2) is 0 Å². The summed E-state index contributed by atoms with van der Waals surface area (Å²) in [5.41, 5.74) is 1.62.